The summed E-state index contributed by atoms with van der Waals surface area (Å²) in [5.74, 6) is 2.52. The molecule has 0 amide bonds. The molecule has 0 saturated carbocycles. The van der Waals surface area contributed by atoms with Gasteiger partial charge in [-0.25, -0.2) is 0 Å². The molecule has 0 aliphatic carbocycles. The number of hydrogen-bond acceptors (Lipinski definition) is 3. The lowest BCUT2D eigenvalue weighted by Gasteiger charge is -2.22. The summed E-state index contributed by atoms with van der Waals surface area (Å²) < 4.78 is 5.42. The second-order valence-electron chi connectivity index (χ2n) is 4.24. The third-order valence-corrected chi connectivity index (χ3v) is 1.53. The van der Waals surface area contributed by atoms with Crippen LogP contribution in [0.3, 0.4) is 0 Å². The van der Waals surface area contributed by atoms with E-state index in [1.165, 1.54) is 0 Å². The van der Waals surface area contributed by atoms with Gasteiger partial charge in [0, 0.05) is 19.5 Å². The minimum absolute atomic E-state index is 0.195. The molecule has 3 nitrogen and oxygen atoms in total. The van der Waals surface area contributed by atoms with Crippen molar-refractivity contribution in [2.75, 3.05) is 19.7 Å². The van der Waals surface area contributed by atoms with Gasteiger partial charge in [0.15, 0.2) is 0 Å². The molecule has 0 bridgehead atoms. The molecule has 3 heteroatoms. The van der Waals surface area contributed by atoms with Crippen LogP contribution in [0.25, 0.3) is 0 Å². The number of ether oxygens (including phenoxy) is 1. The summed E-state index contributed by atoms with van der Waals surface area (Å²) in [5.41, 5.74) is -0.195. The number of terminal acetylenes is 1. The molecule has 0 aromatic carbocycles. The maximum absolute atomic E-state index is 9.47. The van der Waals surface area contributed by atoms with Crippen LogP contribution in [0.1, 0.15) is 27.2 Å². The van der Waals surface area contributed by atoms with E-state index in [9.17, 15) is 5.11 Å². The van der Waals surface area contributed by atoms with Crippen molar-refractivity contribution in [3.63, 3.8) is 0 Å². The number of hydrogen-bond donors (Lipinski definition) is 2. The summed E-state index contributed by atoms with van der Waals surface area (Å²) in [4.78, 5) is 0. The second-order valence-corrected chi connectivity index (χ2v) is 4.24. The monoisotopic (exact) mass is 199 g/mol. The quantitative estimate of drug-likeness (QED) is 0.490. The summed E-state index contributed by atoms with van der Waals surface area (Å²) in [6.07, 6.45) is 5.31. The fraction of sp³-hybridized carbons (Fsp3) is 0.818. The Morgan fingerprint density at radius 3 is 2.64 bits per heavy atom. The van der Waals surface area contributed by atoms with Gasteiger partial charge in [-0.3, -0.25) is 0 Å². The highest BCUT2D eigenvalue weighted by Gasteiger charge is 2.12. The molecular formula is C11H21NO2. The van der Waals surface area contributed by atoms with Crippen molar-refractivity contribution in [2.45, 2.75) is 38.9 Å². The minimum Gasteiger partial charge on any atom is -0.389 e. The number of rotatable bonds is 6. The molecule has 0 radical (unpaired) electrons. The van der Waals surface area contributed by atoms with Gasteiger partial charge in [0.05, 0.1) is 18.3 Å². The Labute approximate surface area is 86.8 Å². The molecule has 0 aliphatic heterocycles. The molecule has 0 spiro atoms. The van der Waals surface area contributed by atoms with Gasteiger partial charge in [0.25, 0.3) is 0 Å². The maximum Gasteiger partial charge on any atom is 0.0897 e. The average molecular weight is 199 g/mol. The molecule has 1 unspecified atom stereocenters. The lowest BCUT2D eigenvalue weighted by Crippen LogP contribution is -2.34. The SMILES string of the molecule is C#CCCNCC(O)COC(C)(C)C. The Balaban J connectivity index is 3.38. The van der Waals surface area contributed by atoms with Crippen LogP contribution >= 0.6 is 0 Å². The number of aliphatic hydroxyl groups is 1. The van der Waals surface area contributed by atoms with Crippen molar-refractivity contribution in [3.8, 4) is 12.3 Å². The number of nitrogens with one attached hydrogen (secondary N) is 1. The first-order valence-corrected chi connectivity index (χ1v) is 4.92. The van der Waals surface area contributed by atoms with E-state index < -0.39 is 6.10 Å². The smallest absolute Gasteiger partial charge is 0.0897 e. The zero-order valence-corrected chi connectivity index (χ0v) is 9.34. The van der Waals surface area contributed by atoms with E-state index in [4.69, 9.17) is 11.2 Å². The minimum atomic E-state index is -0.466. The van der Waals surface area contributed by atoms with E-state index in [1.807, 2.05) is 20.8 Å². The van der Waals surface area contributed by atoms with Crippen molar-refractivity contribution < 1.29 is 9.84 Å². The summed E-state index contributed by atoms with van der Waals surface area (Å²) >= 11 is 0. The van der Waals surface area contributed by atoms with Crippen molar-refractivity contribution in [2.24, 2.45) is 0 Å². The fourth-order valence-electron chi connectivity index (χ4n) is 0.834. The molecule has 2 N–H and O–H groups in total. The zero-order chi connectivity index (χ0) is 11.0. The van der Waals surface area contributed by atoms with Gasteiger partial charge in [-0.15, -0.1) is 12.3 Å². The third kappa shape index (κ3) is 9.53. The molecule has 0 heterocycles. The van der Waals surface area contributed by atoms with Gasteiger partial charge < -0.3 is 15.2 Å². The predicted molar refractivity (Wildman–Crippen MR) is 58.0 cm³/mol. The van der Waals surface area contributed by atoms with Crippen LogP contribution < -0.4 is 5.32 Å². The molecular weight excluding hydrogens is 178 g/mol. The van der Waals surface area contributed by atoms with Crippen molar-refractivity contribution >= 4 is 0 Å². The van der Waals surface area contributed by atoms with E-state index in [1.54, 1.807) is 0 Å². The van der Waals surface area contributed by atoms with Crippen LogP contribution in [0.15, 0.2) is 0 Å². The lowest BCUT2D eigenvalue weighted by atomic mass is 10.2. The van der Waals surface area contributed by atoms with E-state index in [2.05, 4.69) is 11.2 Å². The predicted octanol–water partition coefficient (Wildman–Crippen LogP) is 0.775. The van der Waals surface area contributed by atoms with E-state index in [-0.39, 0.29) is 5.60 Å². The molecule has 82 valence electrons. The Kier molecular flexibility index (Phi) is 6.56. The Morgan fingerprint density at radius 2 is 2.14 bits per heavy atom. The topological polar surface area (TPSA) is 41.5 Å². The first-order valence-electron chi connectivity index (χ1n) is 4.92. The van der Waals surface area contributed by atoms with Crippen LogP contribution in [-0.4, -0.2) is 36.5 Å². The van der Waals surface area contributed by atoms with Crippen LogP contribution in [-0.2, 0) is 4.74 Å². The van der Waals surface area contributed by atoms with Gasteiger partial charge in [-0.1, -0.05) is 0 Å². The molecule has 0 aromatic heterocycles. The Hall–Kier alpha value is -0.560. The van der Waals surface area contributed by atoms with Crippen LogP contribution in [0.4, 0.5) is 0 Å². The van der Waals surface area contributed by atoms with Crippen LogP contribution in [0.2, 0.25) is 0 Å². The Bertz CT molecular complexity index is 179. The van der Waals surface area contributed by atoms with Gasteiger partial charge >= 0.3 is 0 Å². The number of aliphatic hydroxyl groups excluding tert-OH is 1. The average Bonchev–Trinajstić information content (AvgIpc) is 2.08. The van der Waals surface area contributed by atoms with Crippen LogP contribution in [0.5, 0.6) is 0 Å². The molecule has 1 atom stereocenters. The first kappa shape index (κ1) is 13.4. The molecule has 0 saturated heterocycles. The lowest BCUT2D eigenvalue weighted by molar-refractivity contribution is -0.0477. The normalized spacial score (nSPS) is 13.6. The van der Waals surface area contributed by atoms with Gasteiger partial charge in [-0.05, 0) is 20.8 Å². The highest BCUT2D eigenvalue weighted by Crippen LogP contribution is 2.06. The second kappa shape index (κ2) is 6.83. The third-order valence-electron chi connectivity index (χ3n) is 1.53. The molecule has 0 fully saturated rings. The van der Waals surface area contributed by atoms with E-state index >= 15 is 0 Å². The van der Waals surface area contributed by atoms with Crippen LogP contribution in [0, 0.1) is 12.3 Å². The van der Waals surface area contributed by atoms with Crippen molar-refractivity contribution in [1.82, 2.24) is 5.32 Å². The largest absolute Gasteiger partial charge is 0.389 e. The van der Waals surface area contributed by atoms with Gasteiger partial charge in [0.2, 0.25) is 0 Å². The molecule has 0 rings (SSSR count). The zero-order valence-electron chi connectivity index (χ0n) is 9.34. The molecule has 14 heavy (non-hydrogen) atoms. The Morgan fingerprint density at radius 1 is 1.50 bits per heavy atom. The van der Waals surface area contributed by atoms with Crippen molar-refractivity contribution in [3.05, 3.63) is 0 Å². The highest BCUT2D eigenvalue weighted by molar-refractivity contribution is 4.84. The molecule has 0 aliphatic rings. The summed E-state index contributed by atoms with van der Waals surface area (Å²) in [6, 6.07) is 0. The summed E-state index contributed by atoms with van der Waals surface area (Å²) in [5, 5.41) is 12.5. The van der Waals surface area contributed by atoms with Crippen molar-refractivity contribution in [1.29, 1.82) is 0 Å². The fourth-order valence-corrected chi connectivity index (χ4v) is 0.834. The first-order chi connectivity index (χ1) is 6.45. The maximum atomic E-state index is 9.47. The standard InChI is InChI=1S/C11H21NO2/c1-5-6-7-12-8-10(13)9-14-11(2,3)4/h1,10,12-13H,6-9H2,2-4H3. The highest BCUT2D eigenvalue weighted by atomic mass is 16.5. The van der Waals surface area contributed by atoms with E-state index in [0.29, 0.717) is 19.6 Å². The van der Waals surface area contributed by atoms with Gasteiger partial charge in [0.1, 0.15) is 0 Å². The van der Waals surface area contributed by atoms with E-state index in [0.717, 1.165) is 6.54 Å². The molecule has 0 aromatic rings. The summed E-state index contributed by atoms with van der Waals surface area (Å²) in [6.45, 7) is 7.51. The van der Waals surface area contributed by atoms with Gasteiger partial charge in [-0.2, -0.15) is 0 Å². The summed E-state index contributed by atoms with van der Waals surface area (Å²) in [7, 11) is 0.